The van der Waals surface area contributed by atoms with E-state index >= 15 is 0 Å². The van der Waals surface area contributed by atoms with Crippen molar-refractivity contribution in [3.8, 4) is 5.75 Å². The molecule has 0 N–H and O–H groups in total. The first-order valence-electron chi connectivity index (χ1n) is 8.20. The summed E-state index contributed by atoms with van der Waals surface area (Å²) in [6.07, 6.45) is 4.73. The van der Waals surface area contributed by atoms with Crippen LogP contribution in [0.2, 0.25) is 0 Å². The SMILES string of the molecule is Cc1ccccc1OC(=O)OCCCCCCc1ccccc1. The summed E-state index contributed by atoms with van der Waals surface area (Å²) in [5, 5.41) is 0. The van der Waals surface area contributed by atoms with Gasteiger partial charge >= 0.3 is 6.16 Å². The van der Waals surface area contributed by atoms with Gasteiger partial charge in [-0.05, 0) is 43.4 Å². The molecule has 0 fully saturated rings. The first kappa shape index (κ1) is 17.1. The molecule has 0 aliphatic heterocycles. The molecule has 0 aromatic heterocycles. The molecule has 0 aliphatic rings. The van der Waals surface area contributed by atoms with Crippen LogP contribution in [0.3, 0.4) is 0 Å². The summed E-state index contributed by atoms with van der Waals surface area (Å²) in [5.74, 6) is 0.556. The van der Waals surface area contributed by atoms with E-state index in [1.165, 1.54) is 5.56 Å². The van der Waals surface area contributed by atoms with Crippen LogP contribution in [-0.2, 0) is 11.2 Å². The van der Waals surface area contributed by atoms with Crippen molar-refractivity contribution in [1.82, 2.24) is 0 Å². The minimum Gasteiger partial charge on any atom is -0.434 e. The molecule has 0 saturated heterocycles. The number of hydrogen-bond donors (Lipinski definition) is 0. The predicted molar refractivity (Wildman–Crippen MR) is 91.8 cm³/mol. The molecule has 0 amide bonds. The second-order valence-electron chi connectivity index (χ2n) is 5.62. The Bertz CT molecular complexity index is 593. The van der Waals surface area contributed by atoms with Gasteiger partial charge in [-0.15, -0.1) is 0 Å². The van der Waals surface area contributed by atoms with Gasteiger partial charge in [0, 0.05) is 0 Å². The lowest BCUT2D eigenvalue weighted by atomic mass is 10.1. The van der Waals surface area contributed by atoms with E-state index < -0.39 is 6.16 Å². The summed E-state index contributed by atoms with van der Waals surface area (Å²) in [5.41, 5.74) is 2.30. The van der Waals surface area contributed by atoms with Crippen LogP contribution in [0.25, 0.3) is 0 Å². The topological polar surface area (TPSA) is 35.5 Å². The lowest BCUT2D eigenvalue weighted by molar-refractivity contribution is 0.0970. The van der Waals surface area contributed by atoms with Gasteiger partial charge in [-0.1, -0.05) is 61.4 Å². The van der Waals surface area contributed by atoms with Gasteiger partial charge in [0.1, 0.15) is 5.75 Å². The average Bonchev–Trinajstić information content (AvgIpc) is 2.57. The molecule has 0 bridgehead atoms. The molecule has 122 valence electrons. The zero-order valence-electron chi connectivity index (χ0n) is 13.7. The Hall–Kier alpha value is -2.29. The minimum absolute atomic E-state index is 0.413. The van der Waals surface area contributed by atoms with E-state index in [4.69, 9.17) is 9.47 Å². The van der Waals surface area contributed by atoms with Crippen molar-refractivity contribution in [2.45, 2.75) is 39.0 Å². The Morgan fingerprint density at radius 2 is 1.57 bits per heavy atom. The van der Waals surface area contributed by atoms with Crippen LogP contribution in [-0.4, -0.2) is 12.8 Å². The maximum atomic E-state index is 11.6. The largest absolute Gasteiger partial charge is 0.513 e. The maximum absolute atomic E-state index is 11.6. The van der Waals surface area contributed by atoms with Crippen LogP contribution >= 0.6 is 0 Å². The first-order valence-corrected chi connectivity index (χ1v) is 8.20. The minimum atomic E-state index is -0.622. The van der Waals surface area contributed by atoms with E-state index in [0.717, 1.165) is 37.7 Å². The molecule has 2 aromatic rings. The fraction of sp³-hybridized carbons (Fsp3) is 0.350. The number of rotatable bonds is 8. The fourth-order valence-electron chi connectivity index (χ4n) is 2.38. The zero-order chi connectivity index (χ0) is 16.3. The number of para-hydroxylation sites is 1. The molecule has 0 spiro atoms. The quantitative estimate of drug-likeness (QED) is 0.376. The van der Waals surface area contributed by atoms with E-state index in [2.05, 4.69) is 24.3 Å². The molecule has 0 atom stereocenters. The van der Waals surface area contributed by atoms with Crippen LogP contribution in [0.15, 0.2) is 54.6 Å². The van der Waals surface area contributed by atoms with Gasteiger partial charge in [0.25, 0.3) is 0 Å². The number of carbonyl (C=O) groups excluding carboxylic acids is 1. The van der Waals surface area contributed by atoms with Crippen molar-refractivity contribution in [2.24, 2.45) is 0 Å². The van der Waals surface area contributed by atoms with Crippen LogP contribution in [0.1, 0.15) is 36.8 Å². The summed E-state index contributed by atoms with van der Waals surface area (Å²) >= 11 is 0. The summed E-state index contributed by atoms with van der Waals surface area (Å²) in [7, 11) is 0. The third-order valence-electron chi connectivity index (χ3n) is 3.71. The molecule has 2 aromatic carbocycles. The van der Waals surface area contributed by atoms with Crippen LogP contribution in [0.5, 0.6) is 5.75 Å². The van der Waals surface area contributed by atoms with Crippen LogP contribution in [0, 0.1) is 6.92 Å². The third-order valence-corrected chi connectivity index (χ3v) is 3.71. The second kappa shape index (κ2) is 9.67. The summed E-state index contributed by atoms with van der Waals surface area (Å²) in [6.45, 7) is 2.31. The molecule has 3 nitrogen and oxygen atoms in total. The molecule has 2 rings (SSSR count). The van der Waals surface area contributed by atoms with Gasteiger partial charge in [0.05, 0.1) is 6.61 Å². The van der Waals surface area contributed by atoms with Crippen molar-refractivity contribution in [3.05, 3.63) is 65.7 Å². The third kappa shape index (κ3) is 6.55. The monoisotopic (exact) mass is 312 g/mol. The number of aryl methyl sites for hydroxylation is 2. The molecule has 0 heterocycles. The molecule has 0 saturated carbocycles. The lowest BCUT2D eigenvalue weighted by Gasteiger charge is -2.07. The lowest BCUT2D eigenvalue weighted by Crippen LogP contribution is -2.12. The Kier molecular flexibility index (Phi) is 7.18. The van der Waals surface area contributed by atoms with Gasteiger partial charge in [0.2, 0.25) is 0 Å². The average molecular weight is 312 g/mol. The highest BCUT2D eigenvalue weighted by Gasteiger charge is 2.07. The number of hydrogen-bond acceptors (Lipinski definition) is 3. The van der Waals surface area contributed by atoms with E-state index in [0.29, 0.717) is 12.4 Å². The van der Waals surface area contributed by atoms with Gasteiger partial charge in [-0.2, -0.15) is 0 Å². The van der Waals surface area contributed by atoms with E-state index in [1.807, 2.05) is 31.2 Å². The molecular formula is C20H24O3. The highest BCUT2D eigenvalue weighted by atomic mass is 16.7. The number of unbranched alkanes of at least 4 members (excludes halogenated alkanes) is 3. The Balaban J connectivity index is 1.52. The van der Waals surface area contributed by atoms with Crippen molar-refractivity contribution >= 4 is 6.16 Å². The molecule has 0 aliphatic carbocycles. The molecule has 23 heavy (non-hydrogen) atoms. The van der Waals surface area contributed by atoms with Crippen molar-refractivity contribution in [3.63, 3.8) is 0 Å². The Morgan fingerprint density at radius 3 is 2.35 bits per heavy atom. The van der Waals surface area contributed by atoms with Gasteiger partial charge in [0.15, 0.2) is 0 Å². The maximum Gasteiger partial charge on any atom is 0.513 e. The van der Waals surface area contributed by atoms with Crippen molar-refractivity contribution in [1.29, 1.82) is 0 Å². The Labute approximate surface area is 138 Å². The molecular weight excluding hydrogens is 288 g/mol. The zero-order valence-corrected chi connectivity index (χ0v) is 13.7. The second-order valence-corrected chi connectivity index (χ2v) is 5.62. The highest BCUT2D eigenvalue weighted by Crippen LogP contribution is 2.16. The van der Waals surface area contributed by atoms with Gasteiger partial charge in [-0.3, -0.25) is 0 Å². The summed E-state index contributed by atoms with van der Waals surface area (Å²) in [4.78, 5) is 11.6. The molecule has 0 unspecified atom stereocenters. The number of ether oxygens (including phenoxy) is 2. The standard InChI is InChI=1S/C20H24O3/c1-17-11-8-9-15-19(17)23-20(21)22-16-10-3-2-5-12-18-13-6-4-7-14-18/h4,6-9,11,13-15H,2-3,5,10,12,16H2,1H3. The number of benzene rings is 2. The normalized spacial score (nSPS) is 10.3. The fourth-order valence-corrected chi connectivity index (χ4v) is 2.38. The van der Waals surface area contributed by atoms with E-state index in [9.17, 15) is 4.79 Å². The van der Waals surface area contributed by atoms with Crippen molar-refractivity contribution < 1.29 is 14.3 Å². The van der Waals surface area contributed by atoms with Crippen LogP contribution in [0.4, 0.5) is 4.79 Å². The predicted octanol–water partition coefficient (Wildman–Crippen LogP) is 5.31. The summed E-state index contributed by atoms with van der Waals surface area (Å²) < 4.78 is 10.3. The van der Waals surface area contributed by atoms with E-state index in [1.54, 1.807) is 6.07 Å². The number of carbonyl (C=O) groups is 1. The molecule has 3 heteroatoms. The van der Waals surface area contributed by atoms with Crippen LogP contribution < -0.4 is 4.74 Å². The van der Waals surface area contributed by atoms with Gasteiger partial charge < -0.3 is 9.47 Å². The smallest absolute Gasteiger partial charge is 0.434 e. The highest BCUT2D eigenvalue weighted by molar-refractivity contribution is 5.64. The Morgan fingerprint density at radius 1 is 0.870 bits per heavy atom. The molecule has 0 radical (unpaired) electrons. The van der Waals surface area contributed by atoms with Crippen molar-refractivity contribution in [2.75, 3.05) is 6.61 Å². The first-order chi connectivity index (χ1) is 11.3. The van der Waals surface area contributed by atoms with Gasteiger partial charge in [-0.25, -0.2) is 4.79 Å². The summed E-state index contributed by atoms with van der Waals surface area (Å²) in [6, 6.07) is 17.9. The van der Waals surface area contributed by atoms with E-state index in [-0.39, 0.29) is 0 Å².